The Morgan fingerprint density at radius 3 is 2.48 bits per heavy atom. The lowest BCUT2D eigenvalue weighted by molar-refractivity contribution is -0.142. The summed E-state index contributed by atoms with van der Waals surface area (Å²) in [5, 5.41) is 2.71. The van der Waals surface area contributed by atoms with Crippen LogP contribution in [0.2, 0.25) is 0 Å². The average Bonchev–Trinajstić information content (AvgIpc) is 2.31. The first-order valence-corrected chi connectivity index (χ1v) is 6.97. The zero-order valence-electron chi connectivity index (χ0n) is 13.3. The maximum absolute atomic E-state index is 11.9. The van der Waals surface area contributed by atoms with Crippen LogP contribution in [-0.4, -0.2) is 24.3 Å². The predicted molar refractivity (Wildman–Crippen MR) is 81.4 cm³/mol. The number of hydrogen-bond acceptors (Lipinski definition) is 4. The molecule has 0 aliphatic heterocycles. The number of hydrogen-bond donors (Lipinski definition) is 1. The fourth-order valence-corrected chi connectivity index (χ4v) is 1.83. The van der Waals surface area contributed by atoms with E-state index in [1.54, 1.807) is 33.8 Å². The third kappa shape index (κ3) is 5.85. The highest BCUT2D eigenvalue weighted by atomic mass is 16.6. The highest BCUT2D eigenvalue weighted by Crippen LogP contribution is 2.22. The fraction of sp³-hybridized carbons (Fsp3) is 0.500. The molecule has 116 valence electrons. The molecule has 5 nitrogen and oxygen atoms in total. The van der Waals surface area contributed by atoms with Gasteiger partial charge in [-0.1, -0.05) is 18.2 Å². The van der Waals surface area contributed by atoms with E-state index in [-0.39, 0.29) is 12.4 Å². The zero-order chi connectivity index (χ0) is 16.0. The van der Waals surface area contributed by atoms with Gasteiger partial charge in [-0.2, -0.15) is 0 Å². The van der Waals surface area contributed by atoms with Gasteiger partial charge in [0.1, 0.15) is 5.60 Å². The molecule has 0 heterocycles. The minimum atomic E-state index is -0.575. The molecule has 0 saturated heterocycles. The number of para-hydroxylation sites is 1. The first kappa shape index (κ1) is 17.0. The molecule has 0 unspecified atom stereocenters. The van der Waals surface area contributed by atoms with Gasteiger partial charge < -0.3 is 9.47 Å². The Hall–Kier alpha value is -2.04. The van der Waals surface area contributed by atoms with E-state index >= 15 is 0 Å². The number of rotatable bonds is 4. The van der Waals surface area contributed by atoms with Gasteiger partial charge in [-0.3, -0.25) is 10.1 Å². The molecule has 0 aromatic heterocycles. The van der Waals surface area contributed by atoms with Crippen molar-refractivity contribution in [2.45, 2.75) is 46.6 Å². The van der Waals surface area contributed by atoms with Gasteiger partial charge in [-0.15, -0.1) is 0 Å². The quantitative estimate of drug-likeness (QED) is 0.864. The molecule has 0 radical (unpaired) electrons. The molecule has 0 spiro atoms. The molecular weight excluding hydrogens is 270 g/mol. The Morgan fingerprint density at radius 1 is 1.24 bits per heavy atom. The van der Waals surface area contributed by atoms with Gasteiger partial charge in [0.05, 0.1) is 18.7 Å². The van der Waals surface area contributed by atoms with E-state index in [1.165, 1.54) is 0 Å². The minimum Gasteiger partial charge on any atom is -0.466 e. The smallest absolute Gasteiger partial charge is 0.412 e. The van der Waals surface area contributed by atoms with Crippen molar-refractivity contribution >= 4 is 17.7 Å². The fourth-order valence-electron chi connectivity index (χ4n) is 1.83. The Kier molecular flexibility index (Phi) is 5.76. The van der Waals surface area contributed by atoms with Crippen molar-refractivity contribution in [3.05, 3.63) is 29.3 Å². The van der Waals surface area contributed by atoms with Crippen molar-refractivity contribution in [3.8, 4) is 0 Å². The van der Waals surface area contributed by atoms with Crippen LogP contribution in [-0.2, 0) is 20.7 Å². The Bertz CT molecular complexity index is 517. The van der Waals surface area contributed by atoms with Gasteiger partial charge in [-0.05, 0) is 45.7 Å². The molecule has 1 N–H and O–H groups in total. The Labute approximate surface area is 125 Å². The number of aryl methyl sites for hydroxylation is 1. The first-order valence-electron chi connectivity index (χ1n) is 6.97. The molecule has 0 bridgehead atoms. The van der Waals surface area contributed by atoms with Crippen molar-refractivity contribution in [2.75, 3.05) is 11.9 Å². The predicted octanol–water partition coefficient (Wildman–Crippen LogP) is 3.45. The largest absolute Gasteiger partial charge is 0.466 e. The minimum absolute atomic E-state index is 0.112. The second-order valence-electron chi connectivity index (χ2n) is 5.72. The summed E-state index contributed by atoms with van der Waals surface area (Å²) in [5.41, 5.74) is 1.59. The van der Waals surface area contributed by atoms with Crippen LogP contribution in [0.5, 0.6) is 0 Å². The molecule has 0 fully saturated rings. The van der Waals surface area contributed by atoms with Gasteiger partial charge in [0.2, 0.25) is 0 Å². The van der Waals surface area contributed by atoms with Crippen LogP contribution in [0.3, 0.4) is 0 Å². The molecular formula is C16H23NO4. The number of anilines is 1. The third-order valence-electron chi connectivity index (χ3n) is 2.63. The molecule has 5 heteroatoms. The number of carbonyl (C=O) groups excluding carboxylic acids is 2. The molecule has 1 rings (SSSR count). The lowest BCUT2D eigenvalue weighted by Crippen LogP contribution is -2.28. The first-order chi connectivity index (χ1) is 9.73. The van der Waals surface area contributed by atoms with E-state index in [0.717, 1.165) is 5.56 Å². The highest BCUT2D eigenvalue weighted by Gasteiger charge is 2.18. The monoisotopic (exact) mass is 293 g/mol. The van der Waals surface area contributed by atoms with Crippen LogP contribution in [0.25, 0.3) is 0 Å². The summed E-state index contributed by atoms with van der Waals surface area (Å²) in [7, 11) is 0. The van der Waals surface area contributed by atoms with Crippen LogP contribution in [0.4, 0.5) is 10.5 Å². The summed E-state index contributed by atoms with van der Waals surface area (Å²) < 4.78 is 10.2. The molecule has 1 aromatic rings. The zero-order valence-corrected chi connectivity index (χ0v) is 13.3. The van der Waals surface area contributed by atoms with E-state index in [4.69, 9.17) is 9.47 Å². The molecule has 0 saturated carbocycles. The van der Waals surface area contributed by atoms with Crippen molar-refractivity contribution in [2.24, 2.45) is 0 Å². The highest BCUT2D eigenvalue weighted by molar-refractivity contribution is 5.88. The van der Waals surface area contributed by atoms with Gasteiger partial charge in [0.25, 0.3) is 0 Å². The maximum atomic E-state index is 11.9. The van der Waals surface area contributed by atoms with Crippen molar-refractivity contribution in [3.63, 3.8) is 0 Å². The van der Waals surface area contributed by atoms with E-state index in [2.05, 4.69) is 5.32 Å². The second kappa shape index (κ2) is 7.11. The summed E-state index contributed by atoms with van der Waals surface area (Å²) in [6, 6.07) is 5.49. The average molecular weight is 293 g/mol. The summed E-state index contributed by atoms with van der Waals surface area (Å²) in [6.07, 6.45) is -0.428. The number of benzene rings is 1. The van der Waals surface area contributed by atoms with Crippen molar-refractivity contribution < 1.29 is 19.1 Å². The summed E-state index contributed by atoms with van der Waals surface area (Å²) in [4.78, 5) is 23.5. The molecule has 0 aliphatic carbocycles. The van der Waals surface area contributed by atoms with E-state index in [0.29, 0.717) is 17.9 Å². The van der Waals surface area contributed by atoms with Crippen LogP contribution in [0.1, 0.15) is 38.8 Å². The number of nitrogens with one attached hydrogen (secondary N) is 1. The summed E-state index contributed by atoms with van der Waals surface area (Å²) >= 11 is 0. The normalized spacial score (nSPS) is 10.9. The standard InChI is InChI=1S/C16H23NO4/c1-6-20-13(18)10-12-9-7-8-11(2)14(12)17-15(19)21-16(3,4)5/h7-9H,6,10H2,1-5H3,(H,17,19). The molecule has 0 atom stereocenters. The Morgan fingerprint density at radius 2 is 1.90 bits per heavy atom. The third-order valence-corrected chi connectivity index (χ3v) is 2.63. The number of amides is 1. The number of carbonyl (C=O) groups is 2. The summed E-state index contributed by atoms with van der Waals surface area (Å²) in [6.45, 7) is 9.34. The van der Waals surface area contributed by atoms with Gasteiger partial charge in [0, 0.05) is 0 Å². The Balaban J connectivity index is 2.90. The van der Waals surface area contributed by atoms with Crippen LogP contribution >= 0.6 is 0 Å². The van der Waals surface area contributed by atoms with Crippen LogP contribution < -0.4 is 5.32 Å². The SMILES string of the molecule is CCOC(=O)Cc1cccc(C)c1NC(=O)OC(C)(C)C. The molecule has 1 amide bonds. The van der Waals surface area contributed by atoms with Gasteiger partial charge >= 0.3 is 12.1 Å². The van der Waals surface area contributed by atoms with Crippen LogP contribution in [0.15, 0.2) is 18.2 Å². The summed E-state index contributed by atoms with van der Waals surface area (Å²) in [5.74, 6) is -0.324. The van der Waals surface area contributed by atoms with E-state index in [9.17, 15) is 9.59 Å². The van der Waals surface area contributed by atoms with Crippen molar-refractivity contribution in [1.29, 1.82) is 0 Å². The topological polar surface area (TPSA) is 64.6 Å². The van der Waals surface area contributed by atoms with E-state index < -0.39 is 11.7 Å². The van der Waals surface area contributed by atoms with Gasteiger partial charge in [0.15, 0.2) is 0 Å². The second-order valence-corrected chi connectivity index (χ2v) is 5.72. The lowest BCUT2D eigenvalue weighted by Gasteiger charge is -2.21. The molecule has 0 aliphatic rings. The lowest BCUT2D eigenvalue weighted by atomic mass is 10.1. The number of ether oxygens (including phenoxy) is 2. The molecule has 21 heavy (non-hydrogen) atoms. The van der Waals surface area contributed by atoms with Crippen LogP contribution in [0, 0.1) is 6.92 Å². The van der Waals surface area contributed by atoms with E-state index in [1.807, 2.05) is 19.1 Å². The molecule has 1 aromatic carbocycles. The number of esters is 1. The maximum Gasteiger partial charge on any atom is 0.412 e. The van der Waals surface area contributed by atoms with Crippen molar-refractivity contribution in [1.82, 2.24) is 0 Å². The van der Waals surface area contributed by atoms with Gasteiger partial charge in [-0.25, -0.2) is 4.79 Å².